The van der Waals surface area contributed by atoms with Gasteiger partial charge in [-0.25, -0.2) is 0 Å². The Labute approximate surface area is 94.9 Å². The van der Waals surface area contributed by atoms with Gasteiger partial charge in [0, 0.05) is 11.6 Å². The first kappa shape index (κ1) is 11.2. The Bertz CT molecular complexity index is 360. The zero-order chi connectivity index (χ0) is 11.7. The fourth-order valence-electron chi connectivity index (χ4n) is 2.50. The molecule has 2 rings (SSSR count). The van der Waals surface area contributed by atoms with Gasteiger partial charge in [0.25, 0.3) is 0 Å². The van der Waals surface area contributed by atoms with E-state index in [-0.39, 0.29) is 18.0 Å². The number of carboxylic acids is 1. The summed E-state index contributed by atoms with van der Waals surface area (Å²) in [6.45, 7) is 4.87. The van der Waals surface area contributed by atoms with Crippen LogP contribution >= 0.6 is 0 Å². The Hall–Kier alpha value is -1.29. The molecular weight excluding hydrogens is 206 g/mol. The molecule has 4 nitrogen and oxygen atoms in total. The van der Waals surface area contributed by atoms with Crippen LogP contribution < -0.4 is 0 Å². The van der Waals surface area contributed by atoms with E-state index in [1.165, 1.54) is 0 Å². The van der Waals surface area contributed by atoms with Gasteiger partial charge in [0.05, 0.1) is 12.5 Å². The summed E-state index contributed by atoms with van der Waals surface area (Å²) in [6.07, 6.45) is 4.26. The fourth-order valence-corrected chi connectivity index (χ4v) is 2.50. The summed E-state index contributed by atoms with van der Waals surface area (Å²) in [5.41, 5.74) is 1.04. The third-order valence-electron chi connectivity index (χ3n) is 3.52. The maximum absolute atomic E-state index is 11.2. The van der Waals surface area contributed by atoms with Gasteiger partial charge in [-0.2, -0.15) is 0 Å². The van der Waals surface area contributed by atoms with Crippen LogP contribution in [0.1, 0.15) is 31.9 Å². The Morgan fingerprint density at radius 3 is 3.00 bits per heavy atom. The van der Waals surface area contributed by atoms with Crippen LogP contribution in [0, 0.1) is 5.92 Å². The smallest absolute Gasteiger partial charge is 0.321 e. The molecule has 1 aromatic rings. The van der Waals surface area contributed by atoms with Crippen molar-refractivity contribution in [1.29, 1.82) is 0 Å². The number of rotatable bonds is 3. The fraction of sp³-hybridized carbons (Fsp3) is 0.583. The maximum atomic E-state index is 11.2. The molecule has 3 atom stereocenters. The molecule has 1 aromatic heterocycles. The van der Waals surface area contributed by atoms with E-state index in [4.69, 9.17) is 4.42 Å². The second kappa shape index (κ2) is 4.29. The van der Waals surface area contributed by atoms with Gasteiger partial charge in [-0.15, -0.1) is 0 Å². The van der Waals surface area contributed by atoms with Crippen molar-refractivity contribution in [3.63, 3.8) is 0 Å². The predicted octanol–water partition coefficient (Wildman–Crippen LogP) is 2.14. The second-order valence-electron chi connectivity index (χ2n) is 4.52. The molecule has 0 saturated carbocycles. The average molecular weight is 223 g/mol. The van der Waals surface area contributed by atoms with E-state index in [1.54, 1.807) is 12.5 Å². The van der Waals surface area contributed by atoms with Gasteiger partial charge in [0.2, 0.25) is 0 Å². The largest absolute Gasteiger partial charge is 0.480 e. The van der Waals surface area contributed by atoms with E-state index < -0.39 is 5.97 Å². The summed E-state index contributed by atoms with van der Waals surface area (Å²) in [6, 6.07) is 1.63. The lowest BCUT2D eigenvalue weighted by Gasteiger charge is -2.28. The highest BCUT2D eigenvalue weighted by Gasteiger charge is 2.39. The molecule has 0 aliphatic carbocycles. The topological polar surface area (TPSA) is 53.7 Å². The first-order valence-electron chi connectivity index (χ1n) is 5.62. The lowest BCUT2D eigenvalue weighted by atomic mass is 10.0. The number of hydrogen-bond donors (Lipinski definition) is 1. The van der Waals surface area contributed by atoms with Crippen molar-refractivity contribution in [2.75, 3.05) is 6.54 Å². The van der Waals surface area contributed by atoms with Crippen LogP contribution in [0.5, 0.6) is 0 Å². The molecule has 0 amide bonds. The standard InChI is InChI=1S/C12H17NO3/c1-8-3-5-13(11(8)12(14)15)9(2)10-4-6-16-7-10/h4,6-9,11H,3,5H2,1-2H3,(H,14,15). The van der Waals surface area contributed by atoms with E-state index in [2.05, 4.69) is 0 Å². The Balaban J connectivity index is 2.17. The van der Waals surface area contributed by atoms with Crippen molar-refractivity contribution in [2.45, 2.75) is 32.4 Å². The average Bonchev–Trinajstić information content (AvgIpc) is 2.84. The lowest BCUT2D eigenvalue weighted by molar-refractivity contribution is -0.144. The minimum atomic E-state index is -0.722. The summed E-state index contributed by atoms with van der Waals surface area (Å²) in [7, 11) is 0. The first-order chi connectivity index (χ1) is 7.61. The van der Waals surface area contributed by atoms with Gasteiger partial charge in [-0.05, 0) is 31.9 Å². The van der Waals surface area contributed by atoms with Crippen LogP contribution in [0.15, 0.2) is 23.0 Å². The highest BCUT2D eigenvalue weighted by molar-refractivity contribution is 5.74. The Kier molecular flexibility index (Phi) is 3.01. The number of hydrogen-bond acceptors (Lipinski definition) is 3. The van der Waals surface area contributed by atoms with E-state index in [9.17, 15) is 9.90 Å². The van der Waals surface area contributed by atoms with Crippen molar-refractivity contribution in [1.82, 2.24) is 4.90 Å². The molecule has 3 unspecified atom stereocenters. The molecule has 1 aliphatic heterocycles. The number of likely N-dealkylation sites (tertiary alicyclic amines) is 1. The van der Waals surface area contributed by atoms with Crippen molar-refractivity contribution < 1.29 is 14.3 Å². The van der Waals surface area contributed by atoms with Crippen LogP contribution in [0.3, 0.4) is 0 Å². The van der Waals surface area contributed by atoms with Crippen LogP contribution in [-0.2, 0) is 4.79 Å². The number of carboxylic acid groups (broad SMARTS) is 1. The highest BCUT2D eigenvalue weighted by atomic mass is 16.4. The van der Waals surface area contributed by atoms with Gasteiger partial charge in [0.15, 0.2) is 0 Å². The molecule has 0 bridgehead atoms. The second-order valence-corrected chi connectivity index (χ2v) is 4.52. The number of nitrogens with zero attached hydrogens (tertiary/aromatic N) is 1. The SMILES string of the molecule is CC1CCN(C(C)c2ccoc2)C1C(=O)O. The van der Waals surface area contributed by atoms with E-state index in [0.29, 0.717) is 0 Å². The Morgan fingerprint density at radius 1 is 1.69 bits per heavy atom. The molecule has 1 fully saturated rings. The lowest BCUT2D eigenvalue weighted by Crippen LogP contribution is -2.40. The number of carbonyl (C=O) groups is 1. The molecular formula is C12H17NO3. The third-order valence-corrected chi connectivity index (χ3v) is 3.52. The van der Waals surface area contributed by atoms with Crippen molar-refractivity contribution in [2.24, 2.45) is 5.92 Å². The normalized spacial score (nSPS) is 28.1. The molecule has 16 heavy (non-hydrogen) atoms. The zero-order valence-electron chi connectivity index (χ0n) is 9.59. The molecule has 1 saturated heterocycles. The highest BCUT2D eigenvalue weighted by Crippen LogP contribution is 2.32. The van der Waals surface area contributed by atoms with E-state index >= 15 is 0 Å². The van der Waals surface area contributed by atoms with Crippen molar-refractivity contribution >= 4 is 5.97 Å². The van der Waals surface area contributed by atoms with Crippen LogP contribution in [-0.4, -0.2) is 28.6 Å². The van der Waals surface area contributed by atoms with Crippen LogP contribution in [0.25, 0.3) is 0 Å². The Morgan fingerprint density at radius 2 is 2.44 bits per heavy atom. The first-order valence-corrected chi connectivity index (χ1v) is 5.62. The minimum Gasteiger partial charge on any atom is -0.480 e. The molecule has 1 aliphatic rings. The van der Waals surface area contributed by atoms with Crippen molar-refractivity contribution in [3.8, 4) is 0 Å². The number of furan rings is 1. The van der Waals surface area contributed by atoms with Gasteiger partial charge >= 0.3 is 5.97 Å². The summed E-state index contributed by atoms with van der Waals surface area (Å²) in [4.78, 5) is 13.3. The summed E-state index contributed by atoms with van der Waals surface area (Å²) < 4.78 is 5.04. The summed E-state index contributed by atoms with van der Waals surface area (Å²) in [5.74, 6) is -0.507. The van der Waals surface area contributed by atoms with Crippen molar-refractivity contribution in [3.05, 3.63) is 24.2 Å². The monoisotopic (exact) mass is 223 g/mol. The molecule has 1 N–H and O–H groups in total. The molecule has 88 valence electrons. The maximum Gasteiger partial charge on any atom is 0.321 e. The molecule has 4 heteroatoms. The zero-order valence-corrected chi connectivity index (χ0v) is 9.59. The van der Waals surface area contributed by atoms with Gasteiger partial charge < -0.3 is 9.52 Å². The van der Waals surface area contributed by atoms with E-state index in [1.807, 2.05) is 24.8 Å². The molecule has 0 radical (unpaired) electrons. The van der Waals surface area contributed by atoms with E-state index in [0.717, 1.165) is 18.5 Å². The van der Waals surface area contributed by atoms with Gasteiger partial charge in [-0.3, -0.25) is 9.69 Å². The summed E-state index contributed by atoms with van der Waals surface area (Å²) >= 11 is 0. The van der Waals surface area contributed by atoms with Crippen LogP contribution in [0.2, 0.25) is 0 Å². The number of aliphatic carboxylic acids is 1. The predicted molar refractivity (Wildman–Crippen MR) is 59.0 cm³/mol. The molecule has 0 aromatic carbocycles. The van der Waals surface area contributed by atoms with Gasteiger partial charge in [0.1, 0.15) is 6.04 Å². The van der Waals surface area contributed by atoms with Gasteiger partial charge in [-0.1, -0.05) is 6.92 Å². The van der Waals surface area contributed by atoms with Crippen LogP contribution in [0.4, 0.5) is 0 Å². The molecule has 0 spiro atoms. The summed E-state index contributed by atoms with van der Waals surface area (Å²) in [5, 5.41) is 9.24. The third kappa shape index (κ3) is 1.85. The minimum absolute atomic E-state index is 0.102. The molecule has 2 heterocycles. The quantitative estimate of drug-likeness (QED) is 0.853.